The highest BCUT2D eigenvalue weighted by Gasteiger charge is 2.51. The molecule has 2 amide bonds. The molecule has 2 aliphatic rings. The Morgan fingerprint density at radius 3 is 2.00 bits per heavy atom. The first kappa shape index (κ1) is 16.1. The van der Waals surface area contributed by atoms with Crippen molar-refractivity contribution in [3.8, 4) is 0 Å². The SMILES string of the molecule is CC.O=C(ON1C(=O)c2ccccc2C1=O)C1CC(F)(F)C1. The van der Waals surface area contributed by atoms with Gasteiger partial charge in [0.1, 0.15) is 0 Å². The molecule has 0 N–H and O–H groups in total. The van der Waals surface area contributed by atoms with Crippen LogP contribution in [0, 0.1) is 5.92 Å². The highest BCUT2D eigenvalue weighted by molar-refractivity contribution is 6.20. The van der Waals surface area contributed by atoms with Crippen LogP contribution in [0.1, 0.15) is 47.4 Å². The van der Waals surface area contributed by atoms with E-state index in [-0.39, 0.29) is 11.1 Å². The maximum atomic E-state index is 12.7. The van der Waals surface area contributed by atoms with Gasteiger partial charge in [-0.05, 0) is 12.1 Å². The first-order valence-corrected chi connectivity index (χ1v) is 6.96. The zero-order valence-electron chi connectivity index (χ0n) is 12.1. The second kappa shape index (κ2) is 5.82. The smallest absolute Gasteiger partial charge is 0.329 e. The number of hydrogen-bond acceptors (Lipinski definition) is 4. The van der Waals surface area contributed by atoms with Crippen LogP contribution in [-0.4, -0.2) is 28.8 Å². The molecule has 7 heteroatoms. The van der Waals surface area contributed by atoms with E-state index in [0.717, 1.165) is 0 Å². The van der Waals surface area contributed by atoms with Gasteiger partial charge in [-0.2, -0.15) is 0 Å². The number of amides is 2. The largest absolute Gasteiger partial charge is 0.336 e. The van der Waals surface area contributed by atoms with Crippen molar-refractivity contribution in [2.24, 2.45) is 5.92 Å². The molecular weight excluding hydrogens is 296 g/mol. The van der Waals surface area contributed by atoms with Gasteiger partial charge in [0.05, 0.1) is 17.0 Å². The summed E-state index contributed by atoms with van der Waals surface area (Å²) in [5.74, 6) is -6.35. The van der Waals surface area contributed by atoms with Crippen LogP contribution < -0.4 is 0 Å². The van der Waals surface area contributed by atoms with Crippen molar-refractivity contribution in [3.05, 3.63) is 35.4 Å². The third-order valence-electron chi connectivity index (χ3n) is 3.36. The summed E-state index contributed by atoms with van der Waals surface area (Å²) >= 11 is 0. The number of fused-ring (bicyclic) bond motifs is 1. The van der Waals surface area contributed by atoms with Crippen molar-refractivity contribution in [2.75, 3.05) is 0 Å². The predicted molar refractivity (Wildman–Crippen MR) is 72.1 cm³/mol. The lowest BCUT2D eigenvalue weighted by Gasteiger charge is -2.33. The van der Waals surface area contributed by atoms with Gasteiger partial charge in [0.2, 0.25) is 5.92 Å². The van der Waals surface area contributed by atoms with Crippen LogP contribution in [0.3, 0.4) is 0 Å². The summed E-state index contributed by atoms with van der Waals surface area (Å²) in [6.07, 6.45) is -1.23. The second-order valence-electron chi connectivity index (χ2n) is 4.82. The topological polar surface area (TPSA) is 63.7 Å². The van der Waals surface area contributed by atoms with Gasteiger partial charge in [0.15, 0.2) is 0 Å². The summed E-state index contributed by atoms with van der Waals surface area (Å²) in [6.45, 7) is 4.00. The average molecular weight is 311 g/mol. The highest BCUT2D eigenvalue weighted by Crippen LogP contribution is 2.43. The van der Waals surface area contributed by atoms with E-state index in [0.29, 0.717) is 5.06 Å². The Balaban J connectivity index is 0.000000847. The summed E-state index contributed by atoms with van der Waals surface area (Å²) in [5.41, 5.74) is 0.258. The lowest BCUT2D eigenvalue weighted by Crippen LogP contribution is -2.44. The van der Waals surface area contributed by atoms with E-state index in [4.69, 9.17) is 0 Å². The lowest BCUT2D eigenvalue weighted by atomic mass is 9.81. The number of alkyl halides is 2. The molecule has 1 aliphatic carbocycles. The number of hydroxylamine groups is 2. The minimum atomic E-state index is -2.87. The molecule has 0 bridgehead atoms. The van der Waals surface area contributed by atoms with Crippen molar-refractivity contribution < 1.29 is 28.0 Å². The van der Waals surface area contributed by atoms with Crippen LogP contribution >= 0.6 is 0 Å². The zero-order chi connectivity index (χ0) is 16.5. The van der Waals surface area contributed by atoms with Crippen molar-refractivity contribution >= 4 is 17.8 Å². The molecule has 118 valence electrons. The minimum absolute atomic E-state index is 0.129. The highest BCUT2D eigenvalue weighted by atomic mass is 19.3. The van der Waals surface area contributed by atoms with Crippen LogP contribution in [0.4, 0.5) is 8.78 Å². The fourth-order valence-electron chi connectivity index (χ4n) is 2.24. The lowest BCUT2D eigenvalue weighted by molar-refractivity contribution is -0.193. The summed E-state index contributed by atoms with van der Waals surface area (Å²) in [4.78, 5) is 40.0. The molecule has 1 heterocycles. The van der Waals surface area contributed by atoms with Crippen molar-refractivity contribution in [1.82, 2.24) is 5.06 Å². The fourth-order valence-corrected chi connectivity index (χ4v) is 2.24. The number of carbonyl (C=O) groups excluding carboxylic acids is 3. The standard InChI is InChI=1S/C13H9F2NO4.C2H6/c14-13(15)5-7(6-13)12(19)20-16-10(17)8-3-1-2-4-9(8)11(16)18;1-2/h1-4,7H,5-6H2;1-2H3. The summed E-state index contributed by atoms with van der Waals surface area (Å²) in [6, 6.07) is 6.01. The number of rotatable bonds is 2. The Labute approximate surface area is 125 Å². The van der Waals surface area contributed by atoms with Gasteiger partial charge in [-0.1, -0.05) is 31.0 Å². The molecule has 0 unspecified atom stereocenters. The Morgan fingerprint density at radius 1 is 1.14 bits per heavy atom. The number of halogens is 2. The molecule has 0 radical (unpaired) electrons. The summed E-state index contributed by atoms with van der Waals surface area (Å²) < 4.78 is 25.4. The Morgan fingerprint density at radius 2 is 1.59 bits per heavy atom. The third kappa shape index (κ3) is 2.70. The van der Waals surface area contributed by atoms with Gasteiger partial charge >= 0.3 is 5.97 Å². The number of carbonyl (C=O) groups is 3. The molecule has 1 aromatic carbocycles. The van der Waals surface area contributed by atoms with Crippen LogP contribution in [0.2, 0.25) is 0 Å². The predicted octanol–water partition coefficient (Wildman–Crippen LogP) is 2.81. The molecular formula is C15H15F2NO4. The molecule has 5 nitrogen and oxygen atoms in total. The first-order valence-electron chi connectivity index (χ1n) is 6.96. The molecule has 0 spiro atoms. The third-order valence-corrected chi connectivity index (χ3v) is 3.36. The maximum Gasteiger partial charge on any atom is 0.336 e. The normalized spacial score (nSPS) is 19.0. The molecule has 0 saturated heterocycles. The molecule has 1 saturated carbocycles. The van der Waals surface area contributed by atoms with Gasteiger partial charge < -0.3 is 4.84 Å². The Bertz CT molecular complexity index is 587. The quantitative estimate of drug-likeness (QED) is 0.788. The average Bonchev–Trinajstić information content (AvgIpc) is 2.72. The van der Waals surface area contributed by atoms with E-state index in [2.05, 4.69) is 4.84 Å². The van der Waals surface area contributed by atoms with E-state index in [9.17, 15) is 23.2 Å². The van der Waals surface area contributed by atoms with E-state index >= 15 is 0 Å². The van der Waals surface area contributed by atoms with Crippen LogP contribution in [0.25, 0.3) is 0 Å². The molecule has 1 aromatic rings. The second-order valence-corrected chi connectivity index (χ2v) is 4.82. The fraction of sp³-hybridized carbons (Fsp3) is 0.400. The van der Waals surface area contributed by atoms with Gasteiger partial charge in [-0.25, -0.2) is 13.6 Å². The van der Waals surface area contributed by atoms with Gasteiger partial charge in [0.25, 0.3) is 11.8 Å². The Hall–Kier alpha value is -2.31. The van der Waals surface area contributed by atoms with E-state index < -0.39 is 42.5 Å². The van der Waals surface area contributed by atoms with Gasteiger partial charge in [-0.3, -0.25) is 9.59 Å². The van der Waals surface area contributed by atoms with Crippen LogP contribution in [0.5, 0.6) is 0 Å². The minimum Gasteiger partial charge on any atom is -0.329 e. The number of imide groups is 1. The Kier molecular flexibility index (Phi) is 4.25. The molecule has 3 rings (SSSR count). The molecule has 0 aromatic heterocycles. The van der Waals surface area contributed by atoms with E-state index in [1.54, 1.807) is 12.1 Å². The van der Waals surface area contributed by atoms with E-state index in [1.165, 1.54) is 12.1 Å². The summed E-state index contributed by atoms with van der Waals surface area (Å²) in [7, 11) is 0. The number of nitrogens with zero attached hydrogens (tertiary/aromatic N) is 1. The first-order chi connectivity index (χ1) is 10.4. The zero-order valence-corrected chi connectivity index (χ0v) is 12.1. The number of hydrogen-bond donors (Lipinski definition) is 0. The monoisotopic (exact) mass is 311 g/mol. The van der Waals surface area contributed by atoms with Crippen LogP contribution in [0.15, 0.2) is 24.3 Å². The van der Waals surface area contributed by atoms with Gasteiger partial charge in [0, 0.05) is 12.8 Å². The molecule has 1 fully saturated rings. The van der Waals surface area contributed by atoms with E-state index in [1.807, 2.05) is 13.8 Å². The van der Waals surface area contributed by atoms with Crippen LogP contribution in [-0.2, 0) is 9.63 Å². The van der Waals surface area contributed by atoms with Gasteiger partial charge in [-0.15, -0.1) is 0 Å². The maximum absolute atomic E-state index is 12.7. The van der Waals surface area contributed by atoms with Crippen molar-refractivity contribution in [2.45, 2.75) is 32.6 Å². The molecule has 1 aliphatic heterocycles. The summed E-state index contributed by atoms with van der Waals surface area (Å²) in [5, 5.41) is 0.337. The number of benzene rings is 1. The van der Waals surface area contributed by atoms with Crippen molar-refractivity contribution in [3.63, 3.8) is 0 Å². The molecule has 22 heavy (non-hydrogen) atoms. The van der Waals surface area contributed by atoms with Crippen molar-refractivity contribution in [1.29, 1.82) is 0 Å². The molecule has 0 atom stereocenters.